The molecule has 29 heavy (non-hydrogen) atoms. The number of ether oxygens (including phenoxy) is 1. The predicted molar refractivity (Wildman–Crippen MR) is 115 cm³/mol. The van der Waals surface area contributed by atoms with Crippen LogP contribution in [0, 0.1) is 0 Å². The molecule has 2 atom stereocenters. The molecular formula is C21H21ClN4O2S. The zero-order chi connectivity index (χ0) is 20.0. The fourth-order valence-electron chi connectivity index (χ4n) is 4.31. The second-order valence-corrected chi connectivity index (χ2v) is 9.05. The normalized spacial score (nSPS) is 21.2. The fourth-order valence-corrected chi connectivity index (χ4v) is 5.42. The summed E-state index contributed by atoms with van der Waals surface area (Å²) in [5.41, 5.74) is 7.60. The van der Waals surface area contributed by atoms with E-state index in [-0.39, 0.29) is 12.1 Å². The van der Waals surface area contributed by atoms with Crippen molar-refractivity contribution in [1.82, 2.24) is 14.8 Å². The second kappa shape index (κ2) is 7.48. The summed E-state index contributed by atoms with van der Waals surface area (Å²) in [7, 11) is 0. The Bertz CT molecular complexity index is 1050. The summed E-state index contributed by atoms with van der Waals surface area (Å²) in [6, 6.07) is 14.3. The number of urea groups is 1. The SMILES string of the molecule is NC(=O)N1CC2C[C@@H]1CN2CCc1ccc(Oc2nc3ccc(Cl)cc3s2)cc1. The lowest BCUT2D eigenvalue weighted by atomic mass is 10.1. The van der Waals surface area contributed by atoms with E-state index in [1.165, 1.54) is 16.9 Å². The minimum atomic E-state index is -0.288. The highest BCUT2D eigenvalue weighted by Gasteiger charge is 2.44. The van der Waals surface area contributed by atoms with Crippen LogP contribution in [0.1, 0.15) is 12.0 Å². The summed E-state index contributed by atoms with van der Waals surface area (Å²) >= 11 is 7.52. The molecule has 5 rings (SSSR count). The van der Waals surface area contributed by atoms with Crippen molar-refractivity contribution < 1.29 is 9.53 Å². The molecule has 0 spiro atoms. The van der Waals surface area contributed by atoms with E-state index in [1.807, 2.05) is 35.2 Å². The van der Waals surface area contributed by atoms with Gasteiger partial charge in [-0.3, -0.25) is 4.90 Å². The number of primary amides is 1. The first kappa shape index (κ1) is 18.7. The topological polar surface area (TPSA) is 71.7 Å². The van der Waals surface area contributed by atoms with Crippen LogP contribution in [0.5, 0.6) is 10.9 Å². The van der Waals surface area contributed by atoms with Crippen LogP contribution in [-0.4, -0.2) is 52.5 Å². The Morgan fingerprint density at radius 1 is 1.21 bits per heavy atom. The summed E-state index contributed by atoms with van der Waals surface area (Å²) in [6.07, 6.45) is 2.02. The van der Waals surface area contributed by atoms with Crippen molar-refractivity contribution in [3.8, 4) is 10.9 Å². The van der Waals surface area contributed by atoms with Crippen molar-refractivity contribution in [2.45, 2.75) is 24.9 Å². The standard InChI is InChI=1S/C21H21ClN4O2S/c22-14-3-6-18-19(9-14)29-21(24-18)28-17-4-1-13(2-5-17)7-8-25-11-16-10-15(25)12-26(16)20(23)27/h1-6,9,15-16H,7-8,10-12H2,(H2,23,27)/t15?,16-/m1/s1. The van der Waals surface area contributed by atoms with E-state index in [0.717, 1.165) is 48.4 Å². The molecule has 0 radical (unpaired) electrons. The molecule has 0 saturated carbocycles. The van der Waals surface area contributed by atoms with Crippen LogP contribution in [0.15, 0.2) is 42.5 Å². The number of halogens is 1. The monoisotopic (exact) mass is 428 g/mol. The van der Waals surface area contributed by atoms with Crippen molar-refractivity contribution >= 4 is 39.2 Å². The minimum absolute atomic E-state index is 0.288. The van der Waals surface area contributed by atoms with E-state index < -0.39 is 0 Å². The van der Waals surface area contributed by atoms with Gasteiger partial charge >= 0.3 is 6.03 Å². The van der Waals surface area contributed by atoms with Crippen LogP contribution in [0.3, 0.4) is 0 Å². The van der Waals surface area contributed by atoms with Crippen LogP contribution < -0.4 is 10.5 Å². The third kappa shape index (κ3) is 3.77. The molecule has 2 bridgehead atoms. The highest BCUT2D eigenvalue weighted by molar-refractivity contribution is 7.20. The van der Waals surface area contributed by atoms with Gasteiger partial charge in [0.1, 0.15) is 5.75 Å². The van der Waals surface area contributed by atoms with Crippen LogP contribution in [0.25, 0.3) is 10.2 Å². The summed E-state index contributed by atoms with van der Waals surface area (Å²) in [4.78, 5) is 20.2. The summed E-state index contributed by atoms with van der Waals surface area (Å²) < 4.78 is 6.93. The number of nitrogens with zero attached hydrogens (tertiary/aromatic N) is 3. The Labute approximate surface area is 177 Å². The number of likely N-dealkylation sites (tertiary alicyclic amines) is 2. The highest BCUT2D eigenvalue weighted by atomic mass is 35.5. The number of amides is 2. The number of rotatable bonds is 5. The Balaban J connectivity index is 1.17. The van der Waals surface area contributed by atoms with Crippen molar-refractivity contribution in [2.24, 2.45) is 5.73 Å². The first-order valence-electron chi connectivity index (χ1n) is 9.68. The van der Waals surface area contributed by atoms with E-state index in [0.29, 0.717) is 16.3 Å². The Hall–Kier alpha value is -2.35. The molecule has 2 aliphatic rings. The second-order valence-electron chi connectivity index (χ2n) is 7.62. The van der Waals surface area contributed by atoms with Gasteiger partial charge in [0.2, 0.25) is 0 Å². The number of carbonyl (C=O) groups is 1. The van der Waals surface area contributed by atoms with Gasteiger partial charge in [-0.2, -0.15) is 0 Å². The van der Waals surface area contributed by atoms with Crippen LogP contribution >= 0.6 is 22.9 Å². The molecule has 1 unspecified atom stereocenters. The van der Waals surface area contributed by atoms with E-state index >= 15 is 0 Å². The van der Waals surface area contributed by atoms with E-state index in [9.17, 15) is 4.79 Å². The van der Waals surface area contributed by atoms with Crippen molar-refractivity contribution in [1.29, 1.82) is 0 Å². The molecule has 6 nitrogen and oxygen atoms in total. The minimum Gasteiger partial charge on any atom is -0.431 e. The van der Waals surface area contributed by atoms with E-state index in [4.69, 9.17) is 22.1 Å². The number of hydrogen-bond acceptors (Lipinski definition) is 5. The maximum absolute atomic E-state index is 11.4. The molecule has 8 heteroatoms. The lowest BCUT2D eigenvalue weighted by Crippen LogP contribution is -2.50. The molecule has 1 aromatic heterocycles. The molecule has 2 saturated heterocycles. The number of benzene rings is 2. The third-order valence-electron chi connectivity index (χ3n) is 5.78. The average molecular weight is 429 g/mol. The number of aromatic nitrogens is 1. The Morgan fingerprint density at radius 3 is 2.76 bits per heavy atom. The zero-order valence-electron chi connectivity index (χ0n) is 15.8. The lowest BCUT2D eigenvalue weighted by Gasteiger charge is -2.33. The summed E-state index contributed by atoms with van der Waals surface area (Å²) in [5.74, 6) is 0.774. The van der Waals surface area contributed by atoms with Gasteiger partial charge in [0.05, 0.1) is 10.2 Å². The summed E-state index contributed by atoms with van der Waals surface area (Å²) in [5, 5.41) is 1.31. The van der Waals surface area contributed by atoms with Gasteiger partial charge in [0.25, 0.3) is 5.19 Å². The molecule has 2 aliphatic heterocycles. The van der Waals surface area contributed by atoms with Crippen molar-refractivity contribution in [3.05, 3.63) is 53.1 Å². The van der Waals surface area contributed by atoms with Gasteiger partial charge in [-0.05, 0) is 48.7 Å². The predicted octanol–water partition coefficient (Wildman–Crippen LogP) is 4.12. The smallest absolute Gasteiger partial charge is 0.315 e. The van der Waals surface area contributed by atoms with Crippen molar-refractivity contribution in [2.75, 3.05) is 19.6 Å². The average Bonchev–Trinajstić information content (AvgIpc) is 3.40. The number of carbonyl (C=O) groups excluding carboxylic acids is 1. The van der Waals surface area contributed by atoms with E-state index in [2.05, 4.69) is 22.0 Å². The van der Waals surface area contributed by atoms with Crippen molar-refractivity contribution in [3.63, 3.8) is 0 Å². The molecule has 3 aromatic rings. The molecular weight excluding hydrogens is 408 g/mol. The van der Waals surface area contributed by atoms with Gasteiger partial charge in [-0.15, -0.1) is 0 Å². The molecule has 3 heterocycles. The first-order chi connectivity index (χ1) is 14.0. The summed E-state index contributed by atoms with van der Waals surface area (Å²) in [6.45, 7) is 2.68. The highest BCUT2D eigenvalue weighted by Crippen LogP contribution is 2.33. The number of hydrogen-bond donors (Lipinski definition) is 1. The fraction of sp³-hybridized carbons (Fsp3) is 0.333. The third-order valence-corrected chi connectivity index (χ3v) is 6.92. The molecule has 2 amide bonds. The van der Waals surface area contributed by atoms with Crippen LogP contribution in [-0.2, 0) is 6.42 Å². The quantitative estimate of drug-likeness (QED) is 0.663. The maximum atomic E-state index is 11.4. The zero-order valence-corrected chi connectivity index (χ0v) is 17.3. The molecule has 150 valence electrons. The molecule has 0 aliphatic carbocycles. The Kier molecular flexibility index (Phi) is 4.81. The maximum Gasteiger partial charge on any atom is 0.315 e. The van der Waals surface area contributed by atoms with Gasteiger partial charge in [-0.1, -0.05) is 35.1 Å². The molecule has 2 aromatic carbocycles. The van der Waals surface area contributed by atoms with Gasteiger partial charge in [0, 0.05) is 36.7 Å². The van der Waals surface area contributed by atoms with Crippen LogP contribution in [0.4, 0.5) is 4.79 Å². The molecule has 2 N–H and O–H groups in total. The Morgan fingerprint density at radius 2 is 2.03 bits per heavy atom. The number of piperazine rings is 1. The van der Waals surface area contributed by atoms with Crippen LogP contribution in [0.2, 0.25) is 5.02 Å². The molecule has 2 fully saturated rings. The van der Waals surface area contributed by atoms with E-state index in [1.54, 1.807) is 0 Å². The lowest BCUT2D eigenvalue weighted by molar-refractivity contribution is 0.142. The van der Waals surface area contributed by atoms with Gasteiger partial charge < -0.3 is 15.4 Å². The van der Waals surface area contributed by atoms with Gasteiger partial charge in [0.15, 0.2) is 0 Å². The number of nitrogens with two attached hydrogens (primary N) is 1. The largest absolute Gasteiger partial charge is 0.431 e. The number of fused-ring (bicyclic) bond motifs is 3. The van der Waals surface area contributed by atoms with Gasteiger partial charge in [-0.25, -0.2) is 9.78 Å². The first-order valence-corrected chi connectivity index (χ1v) is 10.9. The number of thiazole rings is 1.